The highest BCUT2D eigenvalue weighted by Crippen LogP contribution is 2.45. The summed E-state index contributed by atoms with van der Waals surface area (Å²) < 4.78 is 5.16. The average Bonchev–Trinajstić information content (AvgIpc) is 3.85. The first-order chi connectivity index (χ1) is 28.7. The molecular weight excluding hydrogens is 741 g/mol. The molecule has 0 radical (unpaired) electrons. The summed E-state index contributed by atoms with van der Waals surface area (Å²) in [7, 11) is 0. The summed E-state index contributed by atoms with van der Waals surface area (Å²) in [5.41, 5.74) is 12.7. The predicted molar refractivity (Wildman–Crippen MR) is 252 cm³/mol. The van der Waals surface area contributed by atoms with Gasteiger partial charge in [0.2, 0.25) is 0 Å². The Bertz CT molecular complexity index is 3260. The van der Waals surface area contributed by atoms with Crippen LogP contribution >= 0.6 is 22.7 Å². The zero-order chi connectivity index (χ0) is 38.4. The molecule has 2 nitrogen and oxygen atoms in total. The van der Waals surface area contributed by atoms with Crippen LogP contribution < -0.4 is 0 Å². The Morgan fingerprint density at radius 3 is 1.81 bits per heavy atom. The van der Waals surface area contributed by atoms with E-state index in [2.05, 4.69) is 188 Å². The molecule has 0 fully saturated rings. The van der Waals surface area contributed by atoms with Crippen molar-refractivity contribution >= 4 is 80.3 Å². The molecule has 0 amide bonds. The minimum atomic E-state index is 0.743. The molecule has 0 aliphatic carbocycles. The fourth-order valence-corrected chi connectivity index (χ4v) is 10.8. The maximum absolute atomic E-state index is 5.35. The van der Waals surface area contributed by atoms with Crippen molar-refractivity contribution in [3.05, 3.63) is 211 Å². The second-order valence-corrected chi connectivity index (χ2v) is 16.9. The van der Waals surface area contributed by atoms with Crippen LogP contribution in [0.3, 0.4) is 0 Å². The number of hydrogen-bond donors (Lipinski definition) is 0. The Balaban J connectivity index is 1.04. The van der Waals surface area contributed by atoms with E-state index in [1.165, 1.54) is 73.7 Å². The quantitative estimate of drug-likeness (QED) is 0.161. The van der Waals surface area contributed by atoms with Gasteiger partial charge in [0.25, 0.3) is 0 Å². The molecule has 1 aliphatic heterocycles. The van der Waals surface area contributed by atoms with Gasteiger partial charge in [-0.25, -0.2) is 9.98 Å². The lowest BCUT2D eigenvalue weighted by Gasteiger charge is -2.13. The predicted octanol–water partition coefficient (Wildman–Crippen LogP) is 15.5. The van der Waals surface area contributed by atoms with Crippen LogP contribution in [0.1, 0.15) is 29.5 Å². The van der Waals surface area contributed by atoms with Crippen molar-refractivity contribution in [1.29, 1.82) is 0 Å². The van der Waals surface area contributed by atoms with E-state index in [-0.39, 0.29) is 0 Å². The summed E-state index contributed by atoms with van der Waals surface area (Å²) in [6.45, 7) is 0. The van der Waals surface area contributed by atoms with Crippen LogP contribution in [-0.2, 0) is 0 Å². The Kier molecular flexibility index (Phi) is 8.72. The zero-order valence-corrected chi connectivity index (χ0v) is 33.2. The van der Waals surface area contributed by atoms with Crippen molar-refractivity contribution in [2.75, 3.05) is 0 Å². The molecule has 274 valence electrons. The van der Waals surface area contributed by atoms with Crippen LogP contribution in [0.15, 0.2) is 204 Å². The molecule has 0 spiro atoms. The monoisotopic (exact) mass is 776 g/mol. The first-order valence-electron chi connectivity index (χ1n) is 19.8. The lowest BCUT2D eigenvalue weighted by molar-refractivity contribution is 1.09. The zero-order valence-electron chi connectivity index (χ0n) is 31.6. The second-order valence-electron chi connectivity index (χ2n) is 14.8. The van der Waals surface area contributed by atoms with Gasteiger partial charge in [-0.3, -0.25) is 0 Å². The number of benzene rings is 8. The number of thiophene rings is 2. The van der Waals surface area contributed by atoms with Gasteiger partial charge < -0.3 is 0 Å². The molecule has 1 aliphatic rings. The van der Waals surface area contributed by atoms with Gasteiger partial charge >= 0.3 is 0 Å². The number of rotatable bonds is 6. The van der Waals surface area contributed by atoms with Crippen LogP contribution in [0.4, 0.5) is 0 Å². The highest BCUT2D eigenvalue weighted by molar-refractivity contribution is 7.26. The van der Waals surface area contributed by atoms with Gasteiger partial charge in [0.05, 0.1) is 11.4 Å². The van der Waals surface area contributed by atoms with E-state index in [9.17, 15) is 0 Å². The van der Waals surface area contributed by atoms with E-state index in [1.807, 2.05) is 28.7 Å². The van der Waals surface area contributed by atoms with Gasteiger partial charge in [0, 0.05) is 57.0 Å². The van der Waals surface area contributed by atoms with E-state index in [4.69, 9.17) is 9.98 Å². The van der Waals surface area contributed by atoms with Crippen LogP contribution in [0.2, 0.25) is 0 Å². The first-order valence-corrected chi connectivity index (χ1v) is 21.4. The maximum atomic E-state index is 5.35. The van der Waals surface area contributed by atoms with E-state index in [0.29, 0.717) is 0 Å². The van der Waals surface area contributed by atoms with Gasteiger partial charge in [0.1, 0.15) is 0 Å². The molecule has 0 saturated heterocycles. The Morgan fingerprint density at radius 2 is 0.983 bits per heavy atom. The second kappa shape index (κ2) is 14.7. The van der Waals surface area contributed by atoms with Crippen LogP contribution in [0.25, 0.3) is 79.4 Å². The molecule has 0 bridgehead atoms. The summed E-state index contributed by atoms with van der Waals surface area (Å²) in [6, 6.07) is 67.9. The highest BCUT2D eigenvalue weighted by Gasteiger charge is 2.18. The molecule has 0 saturated carbocycles. The Morgan fingerprint density at radius 1 is 0.362 bits per heavy atom. The first kappa shape index (κ1) is 34.5. The maximum Gasteiger partial charge on any atom is 0.160 e. The number of hydrogen-bond acceptors (Lipinski definition) is 4. The molecule has 2 aromatic heterocycles. The molecule has 11 rings (SSSR count). The number of nitrogens with zero attached hydrogens (tertiary/aromatic N) is 2. The highest BCUT2D eigenvalue weighted by atomic mass is 32.1. The molecular formula is C54H36N2S2. The minimum Gasteiger partial charge on any atom is -0.232 e. The van der Waals surface area contributed by atoms with E-state index in [1.54, 1.807) is 0 Å². The van der Waals surface area contributed by atoms with Crippen LogP contribution in [0.5, 0.6) is 0 Å². The van der Waals surface area contributed by atoms with Crippen molar-refractivity contribution < 1.29 is 0 Å². The number of amidine groups is 1. The number of aliphatic imine (C=N–C) groups is 2. The fourth-order valence-electron chi connectivity index (χ4n) is 8.32. The molecule has 0 atom stereocenters. The largest absolute Gasteiger partial charge is 0.232 e. The molecule has 4 heteroatoms. The molecule has 0 unspecified atom stereocenters. The van der Waals surface area contributed by atoms with Crippen LogP contribution in [-0.4, -0.2) is 11.5 Å². The molecule has 0 N–H and O–H groups in total. The third kappa shape index (κ3) is 6.28. The van der Waals surface area contributed by atoms with E-state index >= 15 is 0 Å². The van der Waals surface area contributed by atoms with Gasteiger partial charge in [0.15, 0.2) is 5.84 Å². The molecule has 58 heavy (non-hydrogen) atoms. The molecule has 10 aromatic rings. The lowest BCUT2D eigenvalue weighted by Crippen LogP contribution is -2.09. The molecule has 3 heterocycles. The third-order valence-electron chi connectivity index (χ3n) is 11.2. The summed E-state index contributed by atoms with van der Waals surface area (Å²) in [6.07, 6.45) is 4.00. The third-order valence-corrected chi connectivity index (χ3v) is 13.6. The Labute approximate surface area is 345 Å². The number of allylic oxidation sites excluding steroid dienone is 1. The van der Waals surface area contributed by atoms with Crippen molar-refractivity contribution in [2.24, 2.45) is 9.98 Å². The van der Waals surface area contributed by atoms with Gasteiger partial charge in [-0.15, -0.1) is 22.7 Å². The van der Waals surface area contributed by atoms with Crippen molar-refractivity contribution in [1.82, 2.24) is 0 Å². The van der Waals surface area contributed by atoms with Crippen molar-refractivity contribution in [2.45, 2.75) is 12.8 Å². The summed E-state index contributed by atoms with van der Waals surface area (Å²) in [4.78, 5) is 10.6. The van der Waals surface area contributed by atoms with Gasteiger partial charge in [-0.2, -0.15) is 0 Å². The summed E-state index contributed by atoms with van der Waals surface area (Å²) >= 11 is 3.75. The van der Waals surface area contributed by atoms with Crippen LogP contribution in [0, 0.1) is 0 Å². The smallest absolute Gasteiger partial charge is 0.160 e. The standard InChI is InChI=1S/C54H36N2S2/c1-4-15-35(16-5-1)38-21-12-22-40(31-38)46-32-41(33-47-42-23-10-11-28-50(42)57-53(46)47)39-29-30-43-44-24-13-25-45(52(44)58-51(43)34-39)49-27-14-26-48(36-17-6-2-7-18-36)55-54(56-49)37-19-8-3-9-20-37/h1-13,15-25,27-34H,14,26H2. The SMILES string of the molecule is C1=C(c2cccc3c2sc2cc(-c4cc(-c5cccc(-c6ccccc6)c5)c5sc6ccccc6c5c4)ccc23)N=C(c2ccccc2)N=C(c2ccccc2)CC1. The van der Waals surface area contributed by atoms with Crippen molar-refractivity contribution in [3.63, 3.8) is 0 Å². The van der Waals surface area contributed by atoms with Gasteiger partial charge in [-0.05, 0) is 76.6 Å². The van der Waals surface area contributed by atoms with E-state index < -0.39 is 0 Å². The lowest BCUT2D eigenvalue weighted by atomic mass is 9.94. The summed E-state index contributed by atoms with van der Waals surface area (Å²) in [5.74, 6) is 0.743. The fraction of sp³-hybridized carbons (Fsp3) is 0.0370. The Hall–Kier alpha value is -6.72. The normalized spacial score (nSPS) is 13.3. The van der Waals surface area contributed by atoms with Crippen molar-refractivity contribution in [3.8, 4) is 33.4 Å². The number of fused-ring (bicyclic) bond motifs is 6. The average molecular weight is 777 g/mol. The minimum absolute atomic E-state index is 0.743. The van der Waals surface area contributed by atoms with E-state index in [0.717, 1.165) is 46.8 Å². The summed E-state index contributed by atoms with van der Waals surface area (Å²) in [5, 5.41) is 5.14. The topological polar surface area (TPSA) is 24.7 Å². The molecule has 8 aromatic carbocycles. The van der Waals surface area contributed by atoms with Gasteiger partial charge in [-0.1, -0.05) is 164 Å².